The van der Waals surface area contributed by atoms with Gasteiger partial charge in [-0.15, -0.1) is 0 Å². The molecule has 0 unspecified atom stereocenters. The van der Waals surface area contributed by atoms with E-state index < -0.39 is 17.8 Å². The van der Waals surface area contributed by atoms with E-state index in [4.69, 9.17) is 6.11 Å². The Kier molecular flexibility index (Phi) is 5.29. The van der Waals surface area contributed by atoms with Crippen LogP contribution in [0.15, 0.2) is 54.6 Å². The van der Waals surface area contributed by atoms with Crippen LogP contribution in [0.4, 0.5) is 5.69 Å². The van der Waals surface area contributed by atoms with Crippen molar-refractivity contribution in [1.82, 2.24) is 10.2 Å². The number of ether oxygens (including phenoxy) is 1. The van der Waals surface area contributed by atoms with Gasteiger partial charge in [0.15, 0.2) is 0 Å². The second-order valence-corrected chi connectivity index (χ2v) is 9.32. The number of imide groups is 1. The highest BCUT2D eigenvalue weighted by Gasteiger charge is 2.40. The van der Waals surface area contributed by atoms with E-state index in [1.54, 1.807) is 6.07 Å². The summed E-state index contributed by atoms with van der Waals surface area (Å²) in [5, 5.41) is 3.94. The van der Waals surface area contributed by atoms with Gasteiger partial charge >= 0.3 is 0 Å². The van der Waals surface area contributed by atoms with Gasteiger partial charge in [0.25, 0.3) is 5.91 Å². The number of hydrogen-bond donors (Lipinski definition) is 1. The molecule has 0 spiro atoms. The number of benzene rings is 3. The van der Waals surface area contributed by atoms with Gasteiger partial charge in [-0.05, 0) is 47.1 Å². The second-order valence-electron chi connectivity index (χ2n) is 9.32. The highest BCUT2D eigenvalue weighted by atomic mass is 16.5. The molecule has 2 saturated heterocycles. The summed E-state index contributed by atoms with van der Waals surface area (Å²) in [7, 11) is 0. The zero-order valence-corrected chi connectivity index (χ0v) is 19.4. The fourth-order valence-corrected chi connectivity index (χ4v) is 5.29. The molecule has 1 N–H and O–H groups in total. The Morgan fingerprint density at radius 2 is 1.74 bits per heavy atom. The Hall–Kier alpha value is -3.55. The number of morpholine rings is 1. The van der Waals surface area contributed by atoms with E-state index in [1.165, 1.54) is 16.0 Å². The first-order valence-corrected chi connectivity index (χ1v) is 12.1. The first-order chi connectivity index (χ1) is 17.4. The summed E-state index contributed by atoms with van der Waals surface area (Å²) in [4.78, 5) is 41.4. The molecule has 3 amide bonds. The molecule has 3 aromatic carbocycles. The average Bonchev–Trinajstić information content (AvgIpc) is 3.18. The van der Waals surface area contributed by atoms with Crippen LogP contribution in [0.1, 0.15) is 41.3 Å². The Morgan fingerprint density at radius 3 is 2.51 bits per heavy atom. The van der Waals surface area contributed by atoms with Gasteiger partial charge in [-0.25, -0.2) is 0 Å². The number of amides is 3. The van der Waals surface area contributed by atoms with Crippen molar-refractivity contribution in [2.24, 2.45) is 0 Å². The molecular formula is C28H27N3O4. The van der Waals surface area contributed by atoms with Crippen LogP contribution in [0.25, 0.3) is 10.8 Å². The summed E-state index contributed by atoms with van der Waals surface area (Å²) >= 11 is 0. The van der Waals surface area contributed by atoms with Crippen molar-refractivity contribution < 1.29 is 20.5 Å². The minimum absolute atomic E-state index is 0.0259. The third kappa shape index (κ3) is 4.00. The van der Waals surface area contributed by atoms with E-state index in [9.17, 15) is 14.4 Å². The SMILES string of the molecule is [2H][C@]1(N2C(=O)c3cccc4c(Cc5ccc(CN6CCOCC6)cc5)ccc2c34)CCC(=O)NC1=O. The standard InChI is InChI=1S/C28H27N3O4/c32-25-11-10-24(27(33)29-25)31-23-9-8-20(21-2-1-3-22(26(21)23)28(31)34)16-18-4-6-19(7-5-18)17-30-12-14-35-15-13-30/h1-9,24H,10-17H2,(H,29,32,33)/t24-/m0/s1/i24D. The topological polar surface area (TPSA) is 79.0 Å². The van der Waals surface area contributed by atoms with Gasteiger partial charge in [0.05, 0.1) is 20.3 Å². The number of anilines is 1. The van der Waals surface area contributed by atoms with Crippen molar-refractivity contribution in [2.45, 2.75) is 31.8 Å². The maximum Gasteiger partial charge on any atom is 0.259 e. The van der Waals surface area contributed by atoms with Crippen LogP contribution in [0.5, 0.6) is 0 Å². The quantitative estimate of drug-likeness (QED) is 0.580. The normalized spacial score (nSPS) is 23.0. The first-order valence-electron chi connectivity index (χ1n) is 12.6. The Balaban J connectivity index is 1.29. The van der Waals surface area contributed by atoms with E-state index in [-0.39, 0.29) is 18.7 Å². The lowest BCUT2D eigenvalue weighted by Crippen LogP contribution is -2.53. The van der Waals surface area contributed by atoms with Crippen LogP contribution in [0, 0.1) is 0 Å². The summed E-state index contributed by atoms with van der Waals surface area (Å²) in [6.45, 7) is 4.39. The number of carbonyl (C=O) groups is 3. The van der Waals surface area contributed by atoms with E-state index >= 15 is 0 Å². The van der Waals surface area contributed by atoms with Crippen LogP contribution in [0.2, 0.25) is 0 Å². The lowest BCUT2D eigenvalue weighted by atomic mass is 9.95. The molecular weight excluding hydrogens is 442 g/mol. The summed E-state index contributed by atoms with van der Waals surface area (Å²) < 4.78 is 14.3. The van der Waals surface area contributed by atoms with Gasteiger partial charge in [0.2, 0.25) is 11.8 Å². The van der Waals surface area contributed by atoms with Crippen LogP contribution < -0.4 is 10.2 Å². The lowest BCUT2D eigenvalue weighted by Gasteiger charge is -2.30. The third-order valence-corrected chi connectivity index (χ3v) is 7.08. The van der Waals surface area contributed by atoms with Crippen molar-refractivity contribution >= 4 is 34.2 Å². The average molecular weight is 471 g/mol. The molecule has 35 heavy (non-hydrogen) atoms. The molecule has 7 heteroatoms. The molecule has 0 saturated carbocycles. The molecule has 1 atom stereocenters. The van der Waals surface area contributed by atoms with Crippen LogP contribution >= 0.6 is 0 Å². The predicted molar refractivity (Wildman–Crippen MR) is 132 cm³/mol. The number of carbonyl (C=O) groups excluding carboxylic acids is 3. The number of nitrogens with zero attached hydrogens (tertiary/aromatic N) is 2. The molecule has 3 heterocycles. The third-order valence-electron chi connectivity index (χ3n) is 7.08. The summed E-state index contributed by atoms with van der Waals surface area (Å²) in [5.41, 5.74) is 4.56. The lowest BCUT2D eigenvalue weighted by molar-refractivity contribution is -0.134. The molecule has 3 aromatic rings. The molecule has 3 aliphatic rings. The van der Waals surface area contributed by atoms with E-state index in [0.717, 1.165) is 49.2 Å². The van der Waals surface area contributed by atoms with Crippen molar-refractivity contribution in [2.75, 3.05) is 31.2 Å². The molecule has 7 nitrogen and oxygen atoms in total. The Bertz CT molecular complexity index is 1380. The highest BCUT2D eigenvalue weighted by molar-refractivity contribution is 6.27. The van der Waals surface area contributed by atoms with Gasteiger partial charge in [-0.2, -0.15) is 0 Å². The fraction of sp³-hybridized carbons (Fsp3) is 0.321. The van der Waals surface area contributed by atoms with E-state index in [1.807, 2.05) is 24.3 Å². The van der Waals surface area contributed by atoms with Gasteiger partial charge in [-0.3, -0.25) is 29.5 Å². The minimum atomic E-state index is -1.85. The molecule has 178 valence electrons. The molecule has 6 rings (SSSR count). The number of piperidine rings is 1. The number of nitrogens with one attached hydrogen (secondary N) is 1. The Morgan fingerprint density at radius 1 is 0.971 bits per heavy atom. The minimum Gasteiger partial charge on any atom is -0.379 e. The molecule has 0 aromatic heterocycles. The predicted octanol–water partition coefficient (Wildman–Crippen LogP) is 3.03. The maximum atomic E-state index is 13.4. The highest BCUT2D eigenvalue weighted by Crippen LogP contribution is 2.41. The summed E-state index contributed by atoms with van der Waals surface area (Å²) in [6, 6.07) is 16.2. The maximum absolute atomic E-state index is 13.4. The second kappa shape index (κ2) is 8.91. The number of hydrogen-bond acceptors (Lipinski definition) is 5. The fourth-order valence-electron chi connectivity index (χ4n) is 5.29. The van der Waals surface area contributed by atoms with Crippen molar-refractivity contribution in [3.05, 3.63) is 76.9 Å². The zero-order valence-electron chi connectivity index (χ0n) is 20.4. The van der Waals surface area contributed by atoms with Crippen molar-refractivity contribution in [3.8, 4) is 0 Å². The molecule has 0 radical (unpaired) electrons. The molecule has 3 aliphatic heterocycles. The van der Waals surface area contributed by atoms with Gasteiger partial charge in [-0.1, -0.05) is 42.5 Å². The van der Waals surface area contributed by atoms with Gasteiger partial charge < -0.3 is 4.74 Å². The Labute approximate surface area is 205 Å². The van der Waals surface area contributed by atoms with E-state index in [0.29, 0.717) is 17.7 Å². The number of rotatable bonds is 5. The summed E-state index contributed by atoms with van der Waals surface area (Å²) in [5.74, 6) is -1.54. The van der Waals surface area contributed by atoms with E-state index in [2.05, 4.69) is 34.5 Å². The van der Waals surface area contributed by atoms with Crippen LogP contribution in [-0.4, -0.2) is 54.9 Å². The van der Waals surface area contributed by atoms with Crippen molar-refractivity contribution in [1.29, 1.82) is 0 Å². The zero-order chi connectivity index (χ0) is 24.9. The van der Waals surface area contributed by atoms with Gasteiger partial charge in [0.1, 0.15) is 6.02 Å². The van der Waals surface area contributed by atoms with Crippen LogP contribution in [0.3, 0.4) is 0 Å². The first kappa shape index (κ1) is 20.8. The smallest absolute Gasteiger partial charge is 0.259 e. The molecule has 2 fully saturated rings. The van der Waals surface area contributed by atoms with Crippen LogP contribution in [-0.2, 0) is 27.3 Å². The van der Waals surface area contributed by atoms with Crippen molar-refractivity contribution in [3.63, 3.8) is 0 Å². The monoisotopic (exact) mass is 470 g/mol. The largest absolute Gasteiger partial charge is 0.379 e. The molecule has 0 bridgehead atoms. The van der Waals surface area contributed by atoms with Gasteiger partial charge in [0, 0.05) is 37.0 Å². The summed E-state index contributed by atoms with van der Waals surface area (Å²) in [6.07, 6.45) is 0.697. The molecule has 0 aliphatic carbocycles.